The molecule has 0 aliphatic carbocycles. The van der Waals surface area contributed by atoms with Gasteiger partial charge in [-0.25, -0.2) is 0 Å². The summed E-state index contributed by atoms with van der Waals surface area (Å²) in [5, 5.41) is 0. The van der Waals surface area contributed by atoms with E-state index < -0.39 is 0 Å². The third-order valence-electron chi connectivity index (χ3n) is 8.90. The molecule has 240 valence electrons. The quantitative estimate of drug-likeness (QED) is 0.0574. The Labute approximate surface area is 254 Å². The van der Waals surface area contributed by atoms with E-state index in [1.165, 1.54) is 193 Å². The Kier molecular flexibility index (Phi) is 34.2. The van der Waals surface area contributed by atoms with Gasteiger partial charge < -0.3 is 4.74 Å². The molecule has 0 saturated carbocycles. The molecule has 0 bridgehead atoms. The Morgan fingerprint density at radius 3 is 1.07 bits per heavy atom. The summed E-state index contributed by atoms with van der Waals surface area (Å²) in [5.41, 5.74) is 0. The van der Waals surface area contributed by atoms with Gasteiger partial charge in [-0.2, -0.15) is 0 Å². The number of carbonyl (C=O) groups is 1. The van der Waals surface area contributed by atoms with E-state index in [1.807, 2.05) is 0 Å². The Balaban J connectivity index is 3.60. The second kappa shape index (κ2) is 34.7. The van der Waals surface area contributed by atoms with Gasteiger partial charge in [0.15, 0.2) is 0 Å². The highest BCUT2D eigenvalue weighted by atomic mass is 16.5. The molecule has 0 aromatic carbocycles. The third kappa shape index (κ3) is 32.0. The minimum Gasteiger partial charge on any atom is -0.465 e. The van der Waals surface area contributed by atoms with Crippen LogP contribution >= 0.6 is 0 Å². The van der Waals surface area contributed by atoms with Crippen LogP contribution in [0.15, 0.2) is 0 Å². The van der Waals surface area contributed by atoms with Crippen LogP contribution < -0.4 is 0 Å². The standard InChI is InChI=1S/C38H76O2/c1-4-7-10-12-14-16-18-20-22-23-25-27-29-31-34-37(33-9-6-3)36-40-38(39)35-32-30-28-26-24-21-19-17-15-13-11-8-5-2/h37H,4-36H2,1-3H3. The maximum absolute atomic E-state index is 12.3. The molecule has 0 aliphatic heterocycles. The van der Waals surface area contributed by atoms with Crippen LogP contribution in [-0.2, 0) is 9.53 Å². The number of carbonyl (C=O) groups excluding carboxylic acids is 1. The van der Waals surface area contributed by atoms with Gasteiger partial charge in [0.05, 0.1) is 6.61 Å². The minimum atomic E-state index is 0.0468. The van der Waals surface area contributed by atoms with Gasteiger partial charge in [-0.1, -0.05) is 201 Å². The molecule has 0 aromatic heterocycles. The highest BCUT2D eigenvalue weighted by molar-refractivity contribution is 5.69. The van der Waals surface area contributed by atoms with Gasteiger partial charge in [-0.15, -0.1) is 0 Å². The second-order valence-corrected chi connectivity index (χ2v) is 13.1. The first-order valence-corrected chi connectivity index (χ1v) is 18.9. The average molecular weight is 565 g/mol. The molecule has 0 fully saturated rings. The molecule has 2 nitrogen and oxygen atoms in total. The van der Waals surface area contributed by atoms with Gasteiger partial charge in [0.25, 0.3) is 0 Å². The lowest BCUT2D eigenvalue weighted by molar-refractivity contribution is -0.145. The average Bonchev–Trinajstić information content (AvgIpc) is 2.96. The molecule has 2 heteroatoms. The van der Waals surface area contributed by atoms with Crippen LogP contribution in [0, 0.1) is 5.92 Å². The second-order valence-electron chi connectivity index (χ2n) is 13.1. The zero-order valence-corrected chi connectivity index (χ0v) is 28.2. The fourth-order valence-corrected chi connectivity index (χ4v) is 6.00. The highest BCUT2D eigenvalue weighted by Crippen LogP contribution is 2.20. The zero-order chi connectivity index (χ0) is 29.2. The number of ether oxygens (including phenoxy) is 1. The zero-order valence-electron chi connectivity index (χ0n) is 28.2. The van der Waals surface area contributed by atoms with E-state index in [-0.39, 0.29) is 5.97 Å². The molecule has 0 aromatic rings. The van der Waals surface area contributed by atoms with Crippen LogP contribution in [0.4, 0.5) is 0 Å². The Bertz CT molecular complexity index is 474. The molecule has 0 saturated heterocycles. The highest BCUT2D eigenvalue weighted by Gasteiger charge is 2.12. The molecular weight excluding hydrogens is 488 g/mol. The summed E-state index contributed by atoms with van der Waals surface area (Å²) in [5.74, 6) is 0.624. The largest absolute Gasteiger partial charge is 0.465 e. The molecule has 0 radical (unpaired) electrons. The van der Waals surface area contributed by atoms with E-state index in [2.05, 4.69) is 20.8 Å². The van der Waals surface area contributed by atoms with Crippen LogP contribution in [0.25, 0.3) is 0 Å². The molecule has 0 rings (SSSR count). The topological polar surface area (TPSA) is 26.3 Å². The first-order chi connectivity index (χ1) is 19.7. The van der Waals surface area contributed by atoms with Crippen molar-refractivity contribution in [2.45, 2.75) is 226 Å². The van der Waals surface area contributed by atoms with Gasteiger partial charge >= 0.3 is 5.97 Å². The van der Waals surface area contributed by atoms with Crippen molar-refractivity contribution in [2.24, 2.45) is 5.92 Å². The molecule has 0 amide bonds. The van der Waals surface area contributed by atoms with Crippen molar-refractivity contribution in [3.05, 3.63) is 0 Å². The third-order valence-corrected chi connectivity index (χ3v) is 8.90. The minimum absolute atomic E-state index is 0.0468. The van der Waals surface area contributed by atoms with E-state index in [0.29, 0.717) is 18.9 Å². The number of rotatable bonds is 34. The summed E-state index contributed by atoms with van der Waals surface area (Å²) < 4.78 is 5.74. The van der Waals surface area contributed by atoms with Crippen molar-refractivity contribution >= 4 is 5.97 Å². The summed E-state index contributed by atoms with van der Waals surface area (Å²) in [7, 11) is 0. The molecular formula is C38H76O2. The first kappa shape index (κ1) is 39.5. The van der Waals surface area contributed by atoms with Gasteiger partial charge in [0, 0.05) is 6.42 Å². The first-order valence-electron chi connectivity index (χ1n) is 18.9. The summed E-state index contributed by atoms with van der Waals surface area (Å²) in [6.45, 7) is 7.51. The number of unbranched alkanes of at least 4 members (excludes halogenated alkanes) is 26. The SMILES string of the molecule is CCCCCCCCCCCCCCCCC(CCCC)COC(=O)CCCCCCCCCCCCCCC. The Morgan fingerprint density at radius 1 is 0.400 bits per heavy atom. The summed E-state index contributed by atoms with van der Waals surface area (Å²) in [6, 6.07) is 0. The molecule has 1 unspecified atom stereocenters. The van der Waals surface area contributed by atoms with Crippen molar-refractivity contribution < 1.29 is 9.53 Å². The number of hydrogen-bond donors (Lipinski definition) is 0. The Morgan fingerprint density at radius 2 is 0.700 bits per heavy atom. The van der Waals surface area contributed by atoms with Crippen molar-refractivity contribution in [3.63, 3.8) is 0 Å². The normalized spacial score (nSPS) is 12.2. The van der Waals surface area contributed by atoms with E-state index in [1.54, 1.807) is 0 Å². The van der Waals surface area contributed by atoms with Gasteiger partial charge in [0.1, 0.15) is 0 Å². The monoisotopic (exact) mass is 565 g/mol. The molecule has 0 aliphatic rings. The summed E-state index contributed by atoms with van der Waals surface area (Å²) in [4.78, 5) is 12.3. The smallest absolute Gasteiger partial charge is 0.305 e. The van der Waals surface area contributed by atoms with Crippen molar-refractivity contribution in [1.82, 2.24) is 0 Å². The summed E-state index contributed by atoms with van der Waals surface area (Å²) in [6.07, 6.45) is 42.8. The fourth-order valence-electron chi connectivity index (χ4n) is 6.00. The molecule has 40 heavy (non-hydrogen) atoms. The predicted molar refractivity (Wildman–Crippen MR) is 179 cm³/mol. The molecule has 0 heterocycles. The number of hydrogen-bond acceptors (Lipinski definition) is 2. The van der Waals surface area contributed by atoms with Crippen molar-refractivity contribution in [3.8, 4) is 0 Å². The van der Waals surface area contributed by atoms with Crippen LogP contribution in [0.2, 0.25) is 0 Å². The lowest BCUT2D eigenvalue weighted by atomic mass is 9.95. The van der Waals surface area contributed by atoms with E-state index in [0.717, 1.165) is 6.42 Å². The Hall–Kier alpha value is -0.530. The van der Waals surface area contributed by atoms with Crippen LogP contribution in [-0.4, -0.2) is 12.6 Å². The van der Waals surface area contributed by atoms with Crippen LogP contribution in [0.1, 0.15) is 226 Å². The maximum Gasteiger partial charge on any atom is 0.305 e. The van der Waals surface area contributed by atoms with Crippen molar-refractivity contribution in [1.29, 1.82) is 0 Å². The van der Waals surface area contributed by atoms with Crippen LogP contribution in [0.5, 0.6) is 0 Å². The van der Waals surface area contributed by atoms with Gasteiger partial charge in [0.2, 0.25) is 0 Å². The maximum atomic E-state index is 12.3. The summed E-state index contributed by atoms with van der Waals surface area (Å²) >= 11 is 0. The van der Waals surface area contributed by atoms with Crippen molar-refractivity contribution in [2.75, 3.05) is 6.61 Å². The van der Waals surface area contributed by atoms with Gasteiger partial charge in [-0.05, 0) is 25.2 Å². The molecule has 1 atom stereocenters. The fraction of sp³-hybridized carbons (Fsp3) is 0.974. The lowest BCUT2D eigenvalue weighted by Crippen LogP contribution is -2.14. The van der Waals surface area contributed by atoms with E-state index in [9.17, 15) is 4.79 Å². The molecule has 0 spiro atoms. The lowest BCUT2D eigenvalue weighted by Gasteiger charge is -2.17. The van der Waals surface area contributed by atoms with Crippen LogP contribution in [0.3, 0.4) is 0 Å². The predicted octanol–water partition coefficient (Wildman–Crippen LogP) is 13.7. The molecule has 0 N–H and O–H groups in total. The number of esters is 1. The van der Waals surface area contributed by atoms with E-state index >= 15 is 0 Å². The van der Waals surface area contributed by atoms with E-state index in [4.69, 9.17) is 4.74 Å². The van der Waals surface area contributed by atoms with Gasteiger partial charge in [-0.3, -0.25) is 4.79 Å².